The van der Waals surface area contributed by atoms with Gasteiger partial charge in [-0.25, -0.2) is 4.98 Å². The summed E-state index contributed by atoms with van der Waals surface area (Å²) in [7, 11) is 0. The molecule has 4 rings (SSSR count). The number of rotatable bonds is 6. The summed E-state index contributed by atoms with van der Waals surface area (Å²) in [6.07, 6.45) is 3.19. The van der Waals surface area contributed by atoms with Crippen LogP contribution in [0.4, 0.5) is 0 Å². The van der Waals surface area contributed by atoms with Gasteiger partial charge in [-0.2, -0.15) is 5.10 Å². The van der Waals surface area contributed by atoms with Gasteiger partial charge in [0.05, 0.1) is 28.4 Å². The predicted octanol–water partition coefficient (Wildman–Crippen LogP) is 4.48. The van der Waals surface area contributed by atoms with Crippen LogP contribution in [0.3, 0.4) is 0 Å². The summed E-state index contributed by atoms with van der Waals surface area (Å²) in [6.45, 7) is 14.7. The number of aliphatic hydroxyl groups excluding tert-OH is 1. The molecule has 3 heterocycles. The minimum atomic E-state index is -0.750. The first-order valence-electron chi connectivity index (χ1n) is 13.1. The molecule has 2 amide bonds. The van der Waals surface area contributed by atoms with Crippen molar-refractivity contribution in [2.75, 3.05) is 6.54 Å². The molecule has 9 heteroatoms. The Bertz CT molecular complexity index is 1280. The zero-order valence-corrected chi connectivity index (χ0v) is 24.2. The molecule has 0 saturated carbocycles. The molecule has 1 aliphatic rings. The average molecular weight is 538 g/mol. The van der Waals surface area contributed by atoms with Gasteiger partial charge in [0.2, 0.25) is 11.8 Å². The first-order chi connectivity index (χ1) is 17.8. The van der Waals surface area contributed by atoms with Gasteiger partial charge in [0.1, 0.15) is 12.1 Å². The highest BCUT2D eigenvalue weighted by atomic mass is 32.1. The van der Waals surface area contributed by atoms with E-state index in [1.54, 1.807) is 22.2 Å². The Labute approximate surface area is 229 Å². The van der Waals surface area contributed by atoms with Gasteiger partial charge in [-0.05, 0) is 34.4 Å². The summed E-state index contributed by atoms with van der Waals surface area (Å²) in [5.41, 5.74) is 5.36. The Morgan fingerprint density at radius 3 is 2.39 bits per heavy atom. The van der Waals surface area contributed by atoms with Gasteiger partial charge in [-0.1, -0.05) is 65.8 Å². The Morgan fingerprint density at radius 2 is 1.84 bits per heavy atom. The summed E-state index contributed by atoms with van der Waals surface area (Å²) in [5.74, 6) is -0.470. The van der Waals surface area contributed by atoms with Crippen LogP contribution < -0.4 is 5.32 Å². The van der Waals surface area contributed by atoms with Crippen molar-refractivity contribution in [2.45, 2.75) is 85.0 Å². The lowest BCUT2D eigenvalue weighted by atomic mass is 9.85. The molecule has 0 aliphatic carbocycles. The fourth-order valence-electron chi connectivity index (χ4n) is 4.87. The van der Waals surface area contributed by atoms with Crippen molar-refractivity contribution < 1.29 is 14.7 Å². The highest BCUT2D eigenvalue weighted by Crippen LogP contribution is 2.35. The Balaban J connectivity index is 1.48. The lowest BCUT2D eigenvalue weighted by Crippen LogP contribution is -2.50. The second-order valence-corrected chi connectivity index (χ2v) is 13.2. The van der Waals surface area contributed by atoms with E-state index in [9.17, 15) is 14.7 Å². The highest BCUT2D eigenvalue weighted by molar-refractivity contribution is 7.13. The summed E-state index contributed by atoms with van der Waals surface area (Å²) in [6, 6.07) is 6.69. The van der Waals surface area contributed by atoms with Crippen LogP contribution in [0.2, 0.25) is 0 Å². The zero-order chi connectivity index (χ0) is 27.8. The van der Waals surface area contributed by atoms with E-state index in [4.69, 9.17) is 0 Å². The van der Waals surface area contributed by atoms with Crippen molar-refractivity contribution >= 4 is 23.2 Å². The number of aromatic nitrogens is 3. The number of nitrogens with zero attached hydrogens (tertiary/aromatic N) is 4. The van der Waals surface area contributed by atoms with Gasteiger partial charge in [-0.3, -0.25) is 14.3 Å². The normalized spacial score (nSPS) is 19.0. The number of aryl methyl sites for hydroxylation is 1. The van der Waals surface area contributed by atoms with Gasteiger partial charge in [0.25, 0.3) is 0 Å². The number of carbonyl (C=O) groups is 2. The maximum atomic E-state index is 13.9. The number of thiazole rings is 1. The number of benzene rings is 1. The van der Waals surface area contributed by atoms with E-state index in [-0.39, 0.29) is 30.2 Å². The fourth-order valence-corrected chi connectivity index (χ4v) is 5.68. The molecule has 3 unspecified atom stereocenters. The van der Waals surface area contributed by atoms with Crippen molar-refractivity contribution in [3.63, 3.8) is 0 Å². The molecule has 8 nitrogen and oxygen atoms in total. The van der Waals surface area contributed by atoms with E-state index in [1.807, 2.05) is 63.7 Å². The number of carbonyl (C=O) groups excluding carboxylic acids is 2. The second kappa shape index (κ2) is 10.6. The third-order valence-electron chi connectivity index (χ3n) is 7.08. The monoisotopic (exact) mass is 537 g/mol. The fraction of sp³-hybridized carbons (Fsp3) is 0.517. The van der Waals surface area contributed by atoms with Crippen LogP contribution in [0.5, 0.6) is 0 Å². The molecule has 1 saturated heterocycles. The van der Waals surface area contributed by atoms with Crippen LogP contribution in [0, 0.1) is 12.3 Å². The molecule has 2 N–H and O–H groups in total. The van der Waals surface area contributed by atoms with E-state index >= 15 is 0 Å². The molecule has 38 heavy (non-hydrogen) atoms. The minimum Gasteiger partial charge on any atom is -0.391 e. The number of amides is 2. The number of hydrogen-bond donors (Lipinski definition) is 2. The average Bonchev–Trinajstić information content (AvgIpc) is 3.57. The van der Waals surface area contributed by atoms with E-state index in [0.29, 0.717) is 6.54 Å². The van der Waals surface area contributed by atoms with Crippen LogP contribution in [0.1, 0.15) is 70.8 Å². The molecule has 0 radical (unpaired) electrons. The van der Waals surface area contributed by atoms with Crippen LogP contribution in [-0.2, 0) is 21.5 Å². The molecule has 3 aromatic rings. The first-order valence-corrected chi connectivity index (χ1v) is 13.9. The highest BCUT2D eigenvalue weighted by Gasteiger charge is 2.45. The smallest absolute Gasteiger partial charge is 0.248 e. The van der Waals surface area contributed by atoms with Crippen LogP contribution in [0.25, 0.3) is 10.4 Å². The summed E-state index contributed by atoms with van der Waals surface area (Å²) in [5, 5.41) is 18.0. The van der Waals surface area contributed by atoms with Gasteiger partial charge in [0.15, 0.2) is 0 Å². The maximum Gasteiger partial charge on any atom is 0.248 e. The molecule has 1 aromatic carbocycles. The van der Waals surface area contributed by atoms with Crippen molar-refractivity contribution in [1.82, 2.24) is 25.0 Å². The summed E-state index contributed by atoms with van der Waals surface area (Å²) < 4.78 is 1.72. The third-order valence-corrected chi connectivity index (χ3v) is 8.06. The van der Waals surface area contributed by atoms with Gasteiger partial charge in [-0.15, -0.1) is 11.3 Å². The Hall–Kier alpha value is -3.04. The molecule has 1 fully saturated rings. The molecular formula is C29H39N5O3S. The topological polar surface area (TPSA) is 100 Å². The summed E-state index contributed by atoms with van der Waals surface area (Å²) in [4.78, 5) is 34.2. The zero-order valence-electron chi connectivity index (χ0n) is 23.4. The quantitative estimate of drug-likeness (QED) is 0.483. The van der Waals surface area contributed by atoms with Crippen molar-refractivity contribution in [1.29, 1.82) is 0 Å². The van der Waals surface area contributed by atoms with Crippen molar-refractivity contribution in [3.05, 3.63) is 59.0 Å². The van der Waals surface area contributed by atoms with Crippen LogP contribution >= 0.6 is 11.3 Å². The third kappa shape index (κ3) is 5.99. The molecule has 3 atom stereocenters. The second-order valence-electron chi connectivity index (χ2n) is 12.3. The molecule has 204 valence electrons. The van der Waals surface area contributed by atoms with Gasteiger partial charge in [0, 0.05) is 25.7 Å². The number of β-amino-alcohol motifs (C(OH)–C–C–N with tert-alkyl or cyclic N) is 1. The Morgan fingerprint density at radius 1 is 1.16 bits per heavy atom. The predicted molar refractivity (Wildman–Crippen MR) is 150 cm³/mol. The van der Waals surface area contributed by atoms with Crippen LogP contribution in [0.15, 0.2) is 42.2 Å². The lowest BCUT2D eigenvalue weighted by Gasteiger charge is -2.35. The van der Waals surface area contributed by atoms with E-state index in [1.165, 1.54) is 4.90 Å². The number of hydrogen-bond acceptors (Lipinski definition) is 6. The molecule has 0 spiro atoms. The standard InChI is InChI=1S/C29H39N5O3S/c1-18-24(38-17-31-18)20-10-8-19(9-11-20)13-30-26(36)23-12-22(35)16-33(23)27(37)25(29(5,6)7)34-15-21(14-32-34)28(2,3)4/h8-11,14-15,17,22-23,25,35H,12-13,16H2,1-7H3,(H,30,36). The van der Waals surface area contributed by atoms with Crippen molar-refractivity contribution in [3.8, 4) is 10.4 Å². The first kappa shape index (κ1) is 28.0. The van der Waals surface area contributed by atoms with Gasteiger partial charge < -0.3 is 15.3 Å². The van der Waals surface area contributed by atoms with E-state index in [2.05, 4.69) is 36.2 Å². The molecule has 1 aliphatic heterocycles. The molecular weight excluding hydrogens is 498 g/mol. The SMILES string of the molecule is Cc1ncsc1-c1ccc(CNC(=O)C2CC(O)CN2C(=O)C(n2cc(C(C)(C)C)cn2)C(C)(C)C)cc1. The Kier molecular flexibility index (Phi) is 7.81. The number of aliphatic hydroxyl groups is 1. The van der Waals surface area contributed by atoms with Gasteiger partial charge >= 0.3 is 0 Å². The van der Waals surface area contributed by atoms with Crippen LogP contribution in [-0.4, -0.2) is 55.3 Å². The lowest BCUT2D eigenvalue weighted by molar-refractivity contribution is -0.144. The largest absolute Gasteiger partial charge is 0.391 e. The number of likely N-dealkylation sites (tertiary alicyclic amines) is 1. The van der Waals surface area contributed by atoms with E-state index in [0.717, 1.165) is 27.3 Å². The number of nitrogens with one attached hydrogen (secondary N) is 1. The minimum absolute atomic E-state index is 0.103. The summed E-state index contributed by atoms with van der Waals surface area (Å²) >= 11 is 1.60. The van der Waals surface area contributed by atoms with E-state index < -0.39 is 23.6 Å². The molecule has 2 aromatic heterocycles. The molecule has 0 bridgehead atoms. The maximum absolute atomic E-state index is 13.9. The van der Waals surface area contributed by atoms with Crippen molar-refractivity contribution in [2.24, 2.45) is 5.41 Å².